The van der Waals surface area contributed by atoms with Crippen LogP contribution in [0.4, 0.5) is 32.0 Å². The van der Waals surface area contributed by atoms with Crippen molar-refractivity contribution in [2.24, 2.45) is 10.1 Å². The summed E-state index contributed by atoms with van der Waals surface area (Å²) in [7, 11) is 0. The number of para-hydroxylation sites is 1. The molecule has 0 unspecified atom stereocenters. The summed E-state index contributed by atoms with van der Waals surface area (Å²) >= 11 is 1.31. The highest BCUT2D eigenvalue weighted by atomic mass is 32.2. The Balaban J connectivity index is 0.000000785. The Morgan fingerprint density at radius 1 is 0.981 bits per heavy atom. The Morgan fingerprint density at radius 3 is 2.17 bits per heavy atom. The minimum atomic E-state index is -5.08. The first kappa shape index (κ1) is 39.4. The summed E-state index contributed by atoms with van der Waals surface area (Å²) in [6.45, 7) is 6.94. The van der Waals surface area contributed by atoms with Crippen molar-refractivity contribution >= 4 is 40.7 Å². The van der Waals surface area contributed by atoms with Crippen LogP contribution in [0.5, 0.6) is 5.75 Å². The second-order valence-electron chi connectivity index (χ2n) is 10.9. The SMILES string of the molecule is Cc1cccc(C)c1N=C(N/N=C/c1ccc(-c2ncn(-c3ccc(OC(F)(F)F)cc3)n2)cc1)SCC(=O)N1CCNCC1.O=C(O)C(F)(F)F. The molecule has 4 aromatic rings. The van der Waals surface area contributed by atoms with Crippen molar-refractivity contribution in [3.8, 4) is 22.8 Å². The number of carbonyl (C=O) groups is 2. The molecule has 0 saturated carbocycles. The highest BCUT2D eigenvalue weighted by molar-refractivity contribution is 8.14. The third-order valence-electron chi connectivity index (χ3n) is 7.07. The van der Waals surface area contributed by atoms with Crippen LogP contribution in [-0.2, 0) is 9.59 Å². The Labute approximate surface area is 297 Å². The van der Waals surface area contributed by atoms with Crippen molar-refractivity contribution in [2.45, 2.75) is 26.4 Å². The topological polar surface area (TPSA) is 146 Å². The van der Waals surface area contributed by atoms with Gasteiger partial charge in [0.15, 0.2) is 11.0 Å². The van der Waals surface area contributed by atoms with E-state index in [1.165, 1.54) is 47.0 Å². The number of amides is 1. The molecule has 3 aromatic carbocycles. The van der Waals surface area contributed by atoms with Gasteiger partial charge in [0.05, 0.1) is 23.3 Å². The van der Waals surface area contributed by atoms with Gasteiger partial charge in [-0.2, -0.15) is 18.3 Å². The van der Waals surface area contributed by atoms with Gasteiger partial charge >= 0.3 is 18.5 Å². The van der Waals surface area contributed by atoms with Crippen LogP contribution in [-0.4, -0.2) is 92.5 Å². The van der Waals surface area contributed by atoms with Crippen molar-refractivity contribution < 1.29 is 45.8 Å². The fourth-order valence-corrected chi connectivity index (χ4v) is 5.23. The zero-order valence-corrected chi connectivity index (χ0v) is 28.4. The minimum Gasteiger partial charge on any atom is -0.475 e. The number of alkyl halides is 6. The van der Waals surface area contributed by atoms with Gasteiger partial charge in [0, 0.05) is 31.7 Å². The summed E-state index contributed by atoms with van der Waals surface area (Å²) in [5, 5.41) is 19.7. The summed E-state index contributed by atoms with van der Waals surface area (Å²) in [6, 6.07) is 18.7. The summed E-state index contributed by atoms with van der Waals surface area (Å²) in [6.07, 6.45) is -6.70. The van der Waals surface area contributed by atoms with E-state index in [1.54, 1.807) is 6.21 Å². The van der Waals surface area contributed by atoms with E-state index in [0.29, 0.717) is 29.8 Å². The maximum atomic E-state index is 12.8. The zero-order chi connectivity index (χ0) is 37.9. The third-order valence-corrected chi connectivity index (χ3v) is 7.91. The van der Waals surface area contributed by atoms with Gasteiger partial charge in [0.2, 0.25) is 5.91 Å². The molecule has 0 spiro atoms. The van der Waals surface area contributed by atoms with E-state index in [0.717, 1.165) is 41.0 Å². The van der Waals surface area contributed by atoms with Crippen molar-refractivity contribution in [3.63, 3.8) is 0 Å². The van der Waals surface area contributed by atoms with E-state index in [-0.39, 0.29) is 17.4 Å². The van der Waals surface area contributed by atoms with E-state index >= 15 is 0 Å². The van der Waals surface area contributed by atoms with E-state index in [4.69, 9.17) is 14.9 Å². The molecule has 0 bridgehead atoms. The quantitative estimate of drug-likeness (QED) is 0.0873. The average Bonchev–Trinajstić information content (AvgIpc) is 3.59. The lowest BCUT2D eigenvalue weighted by molar-refractivity contribution is -0.274. The summed E-state index contributed by atoms with van der Waals surface area (Å²) in [5.74, 6) is -2.33. The number of benzene rings is 3. The number of hydrogen-bond donors (Lipinski definition) is 3. The normalized spacial score (nSPS) is 13.8. The van der Waals surface area contributed by atoms with E-state index in [2.05, 4.69) is 30.7 Å². The fraction of sp³-hybridized carbons (Fsp3) is 0.273. The number of nitrogens with zero attached hydrogens (tertiary/aromatic N) is 6. The zero-order valence-electron chi connectivity index (χ0n) is 27.6. The number of aliphatic imine (C=N–C) groups is 1. The highest BCUT2D eigenvalue weighted by Crippen LogP contribution is 2.26. The number of ether oxygens (including phenoxy) is 1. The predicted molar refractivity (Wildman–Crippen MR) is 183 cm³/mol. The Hall–Kier alpha value is -5.43. The highest BCUT2D eigenvalue weighted by Gasteiger charge is 2.38. The van der Waals surface area contributed by atoms with E-state index in [1.807, 2.05) is 61.2 Å². The van der Waals surface area contributed by atoms with Crippen LogP contribution in [0.1, 0.15) is 16.7 Å². The maximum Gasteiger partial charge on any atom is 0.573 e. The van der Waals surface area contributed by atoms with Gasteiger partial charge in [-0.25, -0.2) is 19.5 Å². The number of thioether (sulfide) groups is 1. The molecule has 1 aliphatic rings. The first-order valence-corrected chi connectivity index (χ1v) is 16.3. The van der Waals surface area contributed by atoms with Gasteiger partial charge in [-0.15, -0.1) is 18.3 Å². The monoisotopic (exact) mass is 750 g/mol. The van der Waals surface area contributed by atoms with Gasteiger partial charge in [-0.05, 0) is 54.8 Å². The number of aryl methyl sites for hydroxylation is 2. The molecule has 19 heteroatoms. The number of rotatable bonds is 8. The average molecular weight is 751 g/mol. The number of aliphatic carboxylic acids is 1. The molecular formula is C33H32F6N8O4S. The van der Waals surface area contributed by atoms with Gasteiger partial charge in [0.25, 0.3) is 0 Å². The summed E-state index contributed by atoms with van der Waals surface area (Å²) < 4.78 is 74.4. The molecule has 0 radical (unpaired) electrons. The van der Waals surface area contributed by atoms with Gasteiger partial charge in [0.1, 0.15) is 12.1 Å². The van der Waals surface area contributed by atoms with Crippen LogP contribution in [0.3, 0.4) is 0 Å². The van der Waals surface area contributed by atoms with E-state index in [9.17, 15) is 31.1 Å². The van der Waals surface area contributed by atoms with Gasteiger partial charge < -0.3 is 20.1 Å². The second-order valence-corrected chi connectivity index (χ2v) is 11.9. The lowest BCUT2D eigenvalue weighted by atomic mass is 10.1. The molecule has 1 amide bonds. The van der Waals surface area contributed by atoms with Crippen molar-refractivity contribution in [1.82, 2.24) is 30.4 Å². The lowest BCUT2D eigenvalue weighted by Gasteiger charge is -2.27. The molecule has 3 N–H and O–H groups in total. The molecule has 52 heavy (non-hydrogen) atoms. The maximum absolute atomic E-state index is 12.8. The van der Waals surface area contributed by atoms with Crippen LogP contribution >= 0.6 is 11.8 Å². The molecule has 1 saturated heterocycles. The number of carbonyl (C=O) groups excluding carboxylic acids is 1. The van der Waals surface area contributed by atoms with Crippen LogP contribution in [0, 0.1) is 13.8 Å². The Morgan fingerprint density at radius 2 is 1.60 bits per heavy atom. The number of aromatic nitrogens is 3. The number of amidine groups is 1. The van der Waals surface area contributed by atoms with Crippen molar-refractivity contribution in [1.29, 1.82) is 0 Å². The summed E-state index contributed by atoms with van der Waals surface area (Å²) in [5.41, 5.74) is 7.97. The Bertz CT molecular complexity index is 1850. The van der Waals surface area contributed by atoms with Crippen LogP contribution in [0.2, 0.25) is 0 Å². The predicted octanol–water partition coefficient (Wildman–Crippen LogP) is 5.86. The van der Waals surface area contributed by atoms with Crippen molar-refractivity contribution in [2.75, 3.05) is 31.9 Å². The molecule has 276 valence electrons. The number of carboxylic acid groups (broad SMARTS) is 1. The smallest absolute Gasteiger partial charge is 0.475 e. The first-order chi connectivity index (χ1) is 24.6. The number of halogens is 6. The fourth-order valence-electron chi connectivity index (χ4n) is 4.51. The number of carboxylic acids is 1. The standard InChI is InChI=1S/C31H31F3N8O2S.C2HF3O2/c1-21-4-3-5-22(2)28(21)38-30(45-19-27(43)41-16-14-35-15-17-41)39-37-18-23-6-8-24(9-7-23)29-36-20-42(40-29)25-10-12-26(13-11-25)44-31(32,33)34;3-2(4,5)1(6)7/h3-13,18,20,35H,14-17,19H2,1-2H3,(H,38,39);(H,6,7)/b37-18+;. The van der Waals surface area contributed by atoms with Crippen LogP contribution in [0.15, 0.2) is 83.2 Å². The molecule has 1 aliphatic heterocycles. The molecule has 1 fully saturated rings. The molecule has 0 aliphatic carbocycles. The number of hydrogen-bond acceptors (Lipinski definition) is 9. The van der Waals surface area contributed by atoms with Gasteiger partial charge in [-0.3, -0.25) is 10.2 Å². The summed E-state index contributed by atoms with van der Waals surface area (Å²) in [4.78, 5) is 32.7. The van der Waals surface area contributed by atoms with Crippen LogP contribution < -0.4 is 15.5 Å². The van der Waals surface area contributed by atoms with Crippen LogP contribution in [0.25, 0.3) is 17.1 Å². The first-order valence-electron chi connectivity index (χ1n) is 15.3. The largest absolute Gasteiger partial charge is 0.573 e. The Kier molecular flexibility index (Phi) is 13.4. The molecule has 2 heterocycles. The third kappa shape index (κ3) is 12.1. The second kappa shape index (κ2) is 17.7. The molecule has 12 nitrogen and oxygen atoms in total. The molecule has 1 aromatic heterocycles. The number of hydrazone groups is 1. The van der Waals surface area contributed by atoms with E-state index < -0.39 is 18.5 Å². The molecule has 0 atom stereocenters. The number of piperazine rings is 1. The minimum absolute atomic E-state index is 0.0561. The van der Waals surface area contributed by atoms with Gasteiger partial charge in [-0.1, -0.05) is 54.2 Å². The lowest BCUT2D eigenvalue weighted by Crippen LogP contribution is -2.47. The molecular weight excluding hydrogens is 718 g/mol. The number of nitrogens with one attached hydrogen (secondary N) is 2. The molecule has 5 rings (SSSR count). The van der Waals surface area contributed by atoms with Crippen molar-refractivity contribution in [3.05, 3.63) is 89.7 Å².